The molecule has 0 saturated heterocycles. The molecule has 1 aromatic heterocycles. The van der Waals surface area contributed by atoms with Gasteiger partial charge >= 0.3 is 0 Å². The highest BCUT2D eigenvalue weighted by atomic mass is 16.5. The largest absolute Gasteiger partial charge is 0.493 e. The van der Waals surface area contributed by atoms with Crippen LogP contribution < -0.4 is 19.9 Å². The van der Waals surface area contributed by atoms with Crippen molar-refractivity contribution in [3.05, 3.63) is 107 Å². The zero-order chi connectivity index (χ0) is 23.5. The van der Waals surface area contributed by atoms with Crippen molar-refractivity contribution in [1.29, 1.82) is 5.26 Å². The summed E-state index contributed by atoms with van der Waals surface area (Å²) in [6.45, 7) is 0.379. The summed E-state index contributed by atoms with van der Waals surface area (Å²) < 4.78 is 17.3. The first-order valence-electron chi connectivity index (χ1n) is 10.8. The highest BCUT2D eigenvalue weighted by Crippen LogP contribution is 2.47. The fraction of sp³-hybridized carbons (Fsp3) is 0.111. The van der Waals surface area contributed by atoms with Crippen molar-refractivity contribution in [2.45, 2.75) is 12.5 Å². The van der Waals surface area contributed by atoms with Crippen molar-refractivity contribution in [3.8, 4) is 34.7 Å². The Bertz CT molecular complexity index is 1390. The second kappa shape index (κ2) is 9.04. The lowest BCUT2D eigenvalue weighted by molar-refractivity contribution is 0.284. The van der Waals surface area contributed by atoms with Crippen molar-refractivity contribution in [3.63, 3.8) is 0 Å². The van der Waals surface area contributed by atoms with E-state index in [0.29, 0.717) is 29.6 Å². The minimum absolute atomic E-state index is 0.0358. The van der Waals surface area contributed by atoms with Gasteiger partial charge in [0.15, 0.2) is 11.5 Å². The maximum Gasteiger partial charge on any atom is 0.244 e. The number of aromatic amines is 1. The van der Waals surface area contributed by atoms with Gasteiger partial charge in [-0.3, -0.25) is 5.10 Å². The fourth-order valence-corrected chi connectivity index (χ4v) is 4.12. The van der Waals surface area contributed by atoms with Crippen LogP contribution in [0.3, 0.4) is 0 Å². The molecule has 3 N–H and O–H groups in total. The minimum Gasteiger partial charge on any atom is -0.493 e. The number of H-pyrrole nitrogens is 1. The molecule has 0 amide bonds. The molecule has 0 saturated carbocycles. The number of methoxy groups -OCH3 is 1. The first-order valence-corrected chi connectivity index (χ1v) is 10.8. The number of allylic oxidation sites excluding steroid dienone is 1. The Balaban J connectivity index is 1.60. The van der Waals surface area contributed by atoms with Crippen molar-refractivity contribution < 1.29 is 14.2 Å². The van der Waals surface area contributed by atoms with Gasteiger partial charge in [0.05, 0.1) is 24.3 Å². The normalized spacial score (nSPS) is 14.6. The molecule has 0 radical (unpaired) electrons. The number of ether oxygens (including phenoxy) is 3. The molecule has 0 fully saturated rings. The lowest BCUT2D eigenvalue weighted by Gasteiger charge is -2.25. The monoisotopic (exact) mass is 450 g/mol. The third-order valence-electron chi connectivity index (χ3n) is 5.76. The molecule has 5 rings (SSSR count). The SMILES string of the molecule is COc1ccc(C2C(C#N)=C(N)Oc3n[nH]c(-c4ccccc4)c32)cc1OCc1ccccc1. The third kappa shape index (κ3) is 3.82. The van der Waals surface area contributed by atoms with Crippen LogP contribution in [0.1, 0.15) is 22.6 Å². The molecule has 2 heterocycles. The quantitative estimate of drug-likeness (QED) is 0.434. The van der Waals surface area contributed by atoms with Crippen LogP contribution in [0.15, 0.2) is 90.3 Å². The molecule has 0 spiro atoms. The lowest BCUT2D eigenvalue weighted by atomic mass is 9.83. The summed E-state index contributed by atoms with van der Waals surface area (Å²) in [6.07, 6.45) is 0. The van der Waals surface area contributed by atoms with Gasteiger partial charge < -0.3 is 19.9 Å². The summed E-state index contributed by atoms with van der Waals surface area (Å²) in [5, 5.41) is 17.4. The molecule has 4 aromatic rings. The Morgan fingerprint density at radius 2 is 1.76 bits per heavy atom. The van der Waals surface area contributed by atoms with E-state index in [2.05, 4.69) is 16.3 Å². The lowest BCUT2D eigenvalue weighted by Crippen LogP contribution is -2.21. The van der Waals surface area contributed by atoms with E-state index < -0.39 is 5.92 Å². The Labute approximate surface area is 197 Å². The molecule has 7 nitrogen and oxygen atoms in total. The number of aromatic nitrogens is 2. The van der Waals surface area contributed by atoms with E-state index in [4.69, 9.17) is 19.9 Å². The molecule has 7 heteroatoms. The Hall–Kier alpha value is -4.70. The maximum atomic E-state index is 9.99. The zero-order valence-corrected chi connectivity index (χ0v) is 18.5. The number of benzene rings is 3. The summed E-state index contributed by atoms with van der Waals surface area (Å²) in [5.74, 6) is 1.06. The molecule has 1 aliphatic rings. The number of nitrogens with two attached hydrogens (primary N) is 1. The van der Waals surface area contributed by atoms with Gasteiger partial charge in [0, 0.05) is 0 Å². The summed E-state index contributed by atoms with van der Waals surface area (Å²) >= 11 is 0. The number of nitrogens with one attached hydrogen (secondary N) is 1. The topological polar surface area (TPSA) is 106 Å². The summed E-state index contributed by atoms with van der Waals surface area (Å²) in [5.41, 5.74) is 10.7. The first-order chi connectivity index (χ1) is 16.7. The summed E-state index contributed by atoms with van der Waals surface area (Å²) in [4.78, 5) is 0. The van der Waals surface area contributed by atoms with Gasteiger partial charge in [-0.2, -0.15) is 5.26 Å². The number of nitrogens with zero attached hydrogens (tertiary/aromatic N) is 2. The van der Waals surface area contributed by atoms with Crippen molar-refractivity contribution in [2.75, 3.05) is 7.11 Å². The Morgan fingerprint density at radius 1 is 1.03 bits per heavy atom. The first kappa shape index (κ1) is 21.2. The third-order valence-corrected chi connectivity index (χ3v) is 5.76. The van der Waals surface area contributed by atoms with Crippen LogP contribution in [-0.4, -0.2) is 17.3 Å². The highest BCUT2D eigenvalue weighted by Gasteiger charge is 2.36. The number of rotatable bonds is 6. The van der Waals surface area contributed by atoms with Gasteiger partial charge in [0.25, 0.3) is 0 Å². The Morgan fingerprint density at radius 3 is 2.47 bits per heavy atom. The second-order valence-electron chi connectivity index (χ2n) is 7.79. The van der Waals surface area contributed by atoms with E-state index in [1.54, 1.807) is 7.11 Å². The molecule has 1 aliphatic heterocycles. The highest BCUT2D eigenvalue weighted by molar-refractivity contribution is 5.71. The maximum absolute atomic E-state index is 9.99. The van der Waals surface area contributed by atoms with Gasteiger partial charge in [-0.05, 0) is 28.8 Å². The van der Waals surface area contributed by atoms with E-state index in [1.807, 2.05) is 78.9 Å². The van der Waals surface area contributed by atoms with Gasteiger partial charge in [0.1, 0.15) is 18.2 Å². The van der Waals surface area contributed by atoms with Crippen molar-refractivity contribution in [2.24, 2.45) is 5.73 Å². The Kier molecular flexibility index (Phi) is 5.63. The van der Waals surface area contributed by atoms with E-state index in [-0.39, 0.29) is 5.88 Å². The van der Waals surface area contributed by atoms with E-state index >= 15 is 0 Å². The average Bonchev–Trinajstić information content (AvgIpc) is 3.31. The smallest absolute Gasteiger partial charge is 0.244 e. The molecule has 168 valence electrons. The predicted octanol–water partition coefficient (Wildman–Crippen LogP) is 4.88. The van der Waals surface area contributed by atoms with Crippen LogP contribution in [0.2, 0.25) is 0 Å². The minimum atomic E-state index is -0.493. The van der Waals surface area contributed by atoms with Crippen molar-refractivity contribution in [1.82, 2.24) is 10.2 Å². The molecule has 34 heavy (non-hydrogen) atoms. The van der Waals surface area contributed by atoms with Crippen LogP contribution in [0.25, 0.3) is 11.3 Å². The van der Waals surface area contributed by atoms with Crippen molar-refractivity contribution >= 4 is 0 Å². The van der Waals surface area contributed by atoms with Crippen LogP contribution in [0.4, 0.5) is 0 Å². The van der Waals surface area contributed by atoms with Crippen LogP contribution in [0.5, 0.6) is 17.4 Å². The summed E-state index contributed by atoms with van der Waals surface area (Å²) in [7, 11) is 1.60. The summed E-state index contributed by atoms with van der Waals surface area (Å²) in [6, 6.07) is 27.5. The van der Waals surface area contributed by atoms with Gasteiger partial charge in [-0.25, -0.2) is 0 Å². The standard InChI is InChI=1S/C27H22N4O3/c1-32-21-13-12-19(14-22(21)33-16-17-8-4-2-5-9-17)23-20(15-28)26(29)34-27-24(23)25(30-31-27)18-10-6-3-7-11-18/h2-14,23H,16,29H2,1H3,(H,30,31). The number of hydrogen-bond donors (Lipinski definition) is 2. The molecule has 3 aromatic carbocycles. The fourth-order valence-electron chi connectivity index (χ4n) is 4.12. The number of fused-ring (bicyclic) bond motifs is 1. The number of hydrogen-bond acceptors (Lipinski definition) is 6. The van der Waals surface area contributed by atoms with Crippen LogP contribution >= 0.6 is 0 Å². The van der Waals surface area contributed by atoms with E-state index in [1.165, 1.54) is 0 Å². The van der Waals surface area contributed by atoms with Gasteiger partial charge in [-0.1, -0.05) is 66.7 Å². The van der Waals surface area contributed by atoms with Gasteiger partial charge in [0.2, 0.25) is 11.8 Å². The molecule has 0 bridgehead atoms. The second-order valence-corrected chi connectivity index (χ2v) is 7.79. The van der Waals surface area contributed by atoms with E-state index in [0.717, 1.165) is 27.9 Å². The zero-order valence-electron chi connectivity index (χ0n) is 18.5. The molecule has 1 atom stereocenters. The molecule has 1 unspecified atom stereocenters. The van der Waals surface area contributed by atoms with E-state index in [9.17, 15) is 5.26 Å². The van der Waals surface area contributed by atoms with Gasteiger partial charge in [-0.15, -0.1) is 5.10 Å². The molecular weight excluding hydrogens is 428 g/mol. The average molecular weight is 450 g/mol. The number of nitriles is 1. The molecular formula is C27H22N4O3. The molecule has 0 aliphatic carbocycles. The van der Waals surface area contributed by atoms with Crippen LogP contribution in [0, 0.1) is 11.3 Å². The predicted molar refractivity (Wildman–Crippen MR) is 127 cm³/mol. The van der Waals surface area contributed by atoms with Crippen LogP contribution in [-0.2, 0) is 6.61 Å².